The molecule has 0 radical (unpaired) electrons. The van der Waals surface area contributed by atoms with Crippen LogP contribution in [0, 0.1) is 46.3 Å². The van der Waals surface area contributed by atoms with Gasteiger partial charge in [-0.2, -0.15) is 0 Å². The molecule has 0 N–H and O–H groups in total. The third kappa shape index (κ3) is 9.20. The number of hydrogen-bond acceptors (Lipinski definition) is 3. The molecule has 3 heteroatoms. The first-order valence-electron chi connectivity index (χ1n) is 23.4. The lowest BCUT2D eigenvalue weighted by molar-refractivity contribution is -0.109. The molecule has 0 aromatic heterocycles. The van der Waals surface area contributed by atoms with Crippen LogP contribution in [-0.2, 0) is 14.2 Å². The molecule has 0 amide bonds. The van der Waals surface area contributed by atoms with Crippen molar-refractivity contribution in [3.05, 3.63) is 48.6 Å². The maximum Gasteiger partial charge on any atom is 0.110 e. The van der Waals surface area contributed by atoms with Gasteiger partial charge in [-0.3, -0.25) is 0 Å². The van der Waals surface area contributed by atoms with E-state index in [1.165, 1.54) is 167 Å². The molecule has 0 atom stereocenters. The van der Waals surface area contributed by atoms with Crippen molar-refractivity contribution >= 4 is 0 Å². The smallest absolute Gasteiger partial charge is 0.110 e. The quantitative estimate of drug-likeness (QED) is 0.104. The molecule has 0 aromatic carbocycles. The summed E-state index contributed by atoms with van der Waals surface area (Å²) in [6, 6.07) is 0. The molecule has 0 aliphatic heterocycles. The number of rotatable bonds is 18. The van der Waals surface area contributed by atoms with Crippen molar-refractivity contribution in [2.75, 3.05) is 27.4 Å². The Morgan fingerprint density at radius 1 is 0.472 bits per heavy atom. The molecule has 6 rings (SSSR count). The summed E-state index contributed by atoms with van der Waals surface area (Å²) in [4.78, 5) is 0. The van der Waals surface area contributed by atoms with Gasteiger partial charge >= 0.3 is 0 Å². The van der Waals surface area contributed by atoms with Gasteiger partial charge in [-0.1, -0.05) is 178 Å². The second kappa shape index (κ2) is 19.8. The molecular formula is C50H82O3. The Morgan fingerprint density at radius 3 is 1.15 bits per heavy atom. The van der Waals surface area contributed by atoms with Crippen LogP contribution in [-0.4, -0.2) is 38.6 Å². The van der Waals surface area contributed by atoms with E-state index in [1.807, 2.05) is 14.2 Å². The molecule has 0 bridgehead atoms. The van der Waals surface area contributed by atoms with E-state index in [-0.39, 0.29) is 22.0 Å². The van der Waals surface area contributed by atoms with Crippen molar-refractivity contribution in [2.24, 2.45) is 46.3 Å². The van der Waals surface area contributed by atoms with Crippen LogP contribution in [0.25, 0.3) is 0 Å². The van der Waals surface area contributed by atoms with Gasteiger partial charge in [0.25, 0.3) is 0 Å². The van der Waals surface area contributed by atoms with Crippen molar-refractivity contribution in [2.45, 2.75) is 192 Å². The third-order valence-electron chi connectivity index (χ3n) is 16.4. The van der Waals surface area contributed by atoms with Gasteiger partial charge in [0, 0.05) is 36.9 Å². The Labute approximate surface area is 327 Å². The van der Waals surface area contributed by atoms with Crippen LogP contribution in [0.3, 0.4) is 0 Å². The zero-order valence-corrected chi connectivity index (χ0v) is 35.1. The van der Waals surface area contributed by atoms with E-state index in [1.54, 1.807) is 0 Å². The average Bonchev–Trinajstić information content (AvgIpc) is 3.22. The molecule has 0 aromatic rings. The highest BCUT2D eigenvalue weighted by Crippen LogP contribution is 2.60. The number of unbranched alkanes of at least 4 members (excludes halogenated alkanes) is 4. The number of methoxy groups -OCH3 is 2. The summed E-state index contributed by atoms with van der Waals surface area (Å²) < 4.78 is 19.8. The van der Waals surface area contributed by atoms with Crippen LogP contribution in [0.15, 0.2) is 48.6 Å². The van der Waals surface area contributed by atoms with E-state index in [2.05, 4.69) is 62.5 Å². The highest BCUT2D eigenvalue weighted by Gasteiger charge is 2.56. The third-order valence-corrected chi connectivity index (χ3v) is 16.4. The van der Waals surface area contributed by atoms with Gasteiger partial charge in [-0.25, -0.2) is 0 Å². The first-order valence-corrected chi connectivity index (χ1v) is 23.4. The molecule has 6 aliphatic carbocycles. The maximum absolute atomic E-state index is 6.64. The lowest BCUT2D eigenvalue weighted by Crippen LogP contribution is -2.54. The van der Waals surface area contributed by atoms with Gasteiger partial charge in [-0.15, -0.1) is 0 Å². The van der Waals surface area contributed by atoms with Crippen LogP contribution in [0.2, 0.25) is 0 Å². The van der Waals surface area contributed by atoms with Gasteiger partial charge in [0.1, 0.15) is 11.2 Å². The van der Waals surface area contributed by atoms with E-state index < -0.39 is 0 Å². The lowest BCUT2D eigenvalue weighted by Gasteiger charge is -2.56. The minimum atomic E-state index is -0.272. The van der Waals surface area contributed by atoms with E-state index in [9.17, 15) is 0 Å². The second-order valence-electron chi connectivity index (χ2n) is 19.2. The van der Waals surface area contributed by atoms with Crippen molar-refractivity contribution in [1.29, 1.82) is 0 Å². The summed E-state index contributed by atoms with van der Waals surface area (Å²) in [6.07, 6.45) is 55.6. The van der Waals surface area contributed by atoms with Crippen LogP contribution in [0.1, 0.15) is 181 Å². The van der Waals surface area contributed by atoms with Crippen LogP contribution in [0.4, 0.5) is 0 Å². The molecule has 6 aliphatic rings. The van der Waals surface area contributed by atoms with Gasteiger partial charge in [0.15, 0.2) is 0 Å². The second-order valence-corrected chi connectivity index (χ2v) is 19.2. The summed E-state index contributed by atoms with van der Waals surface area (Å²) >= 11 is 0. The van der Waals surface area contributed by atoms with Crippen molar-refractivity contribution in [1.82, 2.24) is 0 Å². The molecule has 3 nitrogen and oxygen atoms in total. The fourth-order valence-electron chi connectivity index (χ4n) is 13.2. The molecule has 0 unspecified atom stereocenters. The molecule has 300 valence electrons. The fourth-order valence-corrected chi connectivity index (χ4v) is 13.2. The van der Waals surface area contributed by atoms with Crippen molar-refractivity contribution in [3.8, 4) is 0 Å². The maximum atomic E-state index is 6.64. The number of ether oxygens (including phenoxy) is 3. The van der Waals surface area contributed by atoms with Crippen molar-refractivity contribution < 1.29 is 14.2 Å². The molecule has 4 fully saturated rings. The normalized spacial score (nSPS) is 36.8. The average molecular weight is 731 g/mol. The Kier molecular flexibility index (Phi) is 15.5. The van der Waals surface area contributed by atoms with Gasteiger partial charge in [-0.05, 0) is 75.0 Å². The highest BCUT2D eigenvalue weighted by molar-refractivity contribution is 5.31. The lowest BCUT2D eigenvalue weighted by atomic mass is 9.52. The van der Waals surface area contributed by atoms with Gasteiger partial charge < -0.3 is 14.2 Å². The predicted octanol–water partition coefficient (Wildman–Crippen LogP) is 13.9. The molecule has 0 heterocycles. The van der Waals surface area contributed by atoms with E-state index >= 15 is 0 Å². The Balaban J connectivity index is 1.03. The Morgan fingerprint density at radius 2 is 0.830 bits per heavy atom. The highest BCUT2D eigenvalue weighted by atomic mass is 16.5. The fraction of sp³-hybridized carbons (Fsp3) is 0.840. The number of hydrogen-bond donors (Lipinski definition) is 0. The zero-order valence-electron chi connectivity index (χ0n) is 35.1. The van der Waals surface area contributed by atoms with Crippen LogP contribution >= 0.6 is 0 Å². The van der Waals surface area contributed by atoms with Gasteiger partial charge in [0.05, 0.1) is 13.2 Å². The largest absolute Gasteiger partial charge is 0.380 e. The van der Waals surface area contributed by atoms with E-state index in [4.69, 9.17) is 14.2 Å². The monoisotopic (exact) mass is 731 g/mol. The first kappa shape index (κ1) is 41.5. The van der Waals surface area contributed by atoms with E-state index in [0.29, 0.717) is 11.8 Å². The predicted molar refractivity (Wildman–Crippen MR) is 224 cm³/mol. The topological polar surface area (TPSA) is 27.7 Å². The Hall–Kier alpha value is -1.16. The Bertz CT molecular complexity index is 1060. The standard InChI is InChI=1S/C50H82O3/c1-5-7-11-17-41-19-23-45(24-20-41)47(31-13-9-14-32-47)49(51-3)35-27-43(28-36-49)39-53-40-44-29-37-50(52-4,38-30-44)48(33-15-10-16-34-48)46-25-21-42(22-26-46)18-12-8-6-2/h27-30,35-38,41-46H,5-26,31-34,39-40H2,1-4H3. The minimum Gasteiger partial charge on any atom is -0.380 e. The molecular weight excluding hydrogens is 649 g/mol. The summed E-state index contributed by atoms with van der Waals surface area (Å²) in [5, 5.41) is 0. The molecule has 4 saturated carbocycles. The van der Waals surface area contributed by atoms with Crippen LogP contribution in [0.5, 0.6) is 0 Å². The summed E-state index contributed by atoms with van der Waals surface area (Å²) in [5.41, 5.74) is -0.0680. The summed E-state index contributed by atoms with van der Waals surface area (Å²) in [5.74, 6) is 4.07. The van der Waals surface area contributed by atoms with Crippen molar-refractivity contribution in [3.63, 3.8) is 0 Å². The molecule has 53 heavy (non-hydrogen) atoms. The molecule has 0 saturated heterocycles. The summed E-state index contributed by atoms with van der Waals surface area (Å²) in [7, 11) is 3.97. The minimum absolute atomic E-state index is 0.239. The summed E-state index contributed by atoms with van der Waals surface area (Å²) in [6.45, 7) is 6.14. The SMILES string of the molecule is CCCCCC1CCC(C2(C3(OC)C=CC(COCC4C=CC(OC)(C5(C6CCC(CCCCC)CC6)CCCCC5)C=C4)C=C3)CCCCC2)CC1. The molecule has 0 spiro atoms. The van der Waals surface area contributed by atoms with Gasteiger partial charge in [0.2, 0.25) is 0 Å². The zero-order chi connectivity index (χ0) is 37.0. The van der Waals surface area contributed by atoms with Crippen LogP contribution < -0.4 is 0 Å². The van der Waals surface area contributed by atoms with E-state index in [0.717, 1.165) is 36.9 Å². The first-order chi connectivity index (χ1) is 26.0.